The Balaban J connectivity index is 1.54. The molecule has 152 valence electrons. The fraction of sp³-hybridized carbons (Fsp3) is 0.348. The predicted octanol–water partition coefficient (Wildman–Crippen LogP) is 4.92. The summed E-state index contributed by atoms with van der Waals surface area (Å²) in [6, 6.07) is 15.7. The van der Waals surface area contributed by atoms with Crippen molar-refractivity contribution in [1.82, 2.24) is 0 Å². The second-order valence-electron chi connectivity index (χ2n) is 7.34. The molecule has 1 saturated carbocycles. The summed E-state index contributed by atoms with van der Waals surface area (Å²) in [5.41, 5.74) is 6.90. The minimum atomic E-state index is -0.364. The number of carbonyl (C=O) groups is 1. The van der Waals surface area contributed by atoms with Crippen LogP contribution in [0.3, 0.4) is 0 Å². The van der Waals surface area contributed by atoms with E-state index in [-0.39, 0.29) is 24.7 Å². The van der Waals surface area contributed by atoms with Crippen LogP contribution < -0.4 is 15.2 Å². The first-order valence-corrected chi connectivity index (χ1v) is 10.7. The molecule has 3 aromatic rings. The summed E-state index contributed by atoms with van der Waals surface area (Å²) in [6.45, 7) is 0.183. The average molecular weight is 412 g/mol. The van der Waals surface area contributed by atoms with Crippen LogP contribution in [0.15, 0.2) is 48.5 Å². The monoisotopic (exact) mass is 411 g/mol. The van der Waals surface area contributed by atoms with Crippen LogP contribution in [0.25, 0.3) is 10.1 Å². The van der Waals surface area contributed by atoms with Crippen molar-refractivity contribution in [3.05, 3.63) is 59.0 Å². The third-order valence-corrected chi connectivity index (χ3v) is 6.37. The predicted molar refractivity (Wildman–Crippen MR) is 115 cm³/mol. The summed E-state index contributed by atoms with van der Waals surface area (Å²) >= 11 is 1.42. The highest BCUT2D eigenvalue weighted by Crippen LogP contribution is 2.40. The zero-order chi connectivity index (χ0) is 20.2. The van der Waals surface area contributed by atoms with E-state index in [2.05, 4.69) is 0 Å². The van der Waals surface area contributed by atoms with Crippen molar-refractivity contribution in [2.24, 2.45) is 5.73 Å². The topological polar surface area (TPSA) is 70.8 Å². The third kappa shape index (κ3) is 4.54. The lowest BCUT2D eigenvalue weighted by Crippen LogP contribution is -2.31. The maximum atomic E-state index is 12.9. The first-order valence-electron chi connectivity index (χ1n) is 9.88. The smallest absolute Gasteiger partial charge is 0.352 e. The Morgan fingerprint density at radius 1 is 1.10 bits per heavy atom. The molecule has 2 N–H and O–H groups in total. The molecular formula is C23H25NO4S. The fourth-order valence-electron chi connectivity index (χ4n) is 3.62. The van der Waals surface area contributed by atoms with Crippen molar-refractivity contribution in [2.45, 2.75) is 44.4 Å². The van der Waals surface area contributed by atoms with Gasteiger partial charge in [0.05, 0.1) is 13.2 Å². The normalized spacial score (nSPS) is 19.1. The molecule has 1 fully saturated rings. The van der Waals surface area contributed by atoms with Gasteiger partial charge in [-0.05, 0) is 55.5 Å². The largest absolute Gasteiger partial charge is 0.497 e. The van der Waals surface area contributed by atoms with Gasteiger partial charge in [-0.2, -0.15) is 0 Å². The molecular weight excluding hydrogens is 386 g/mol. The molecule has 1 aliphatic carbocycles. The van der Waals surface area contributed by atoms with Gasteiger partial charge in [0.25, 0.3) is 0 Å². The number of thiophene rings is 1. The van der Waals surface area contributed by atoms with Crippen LogP contribution in [0, 0.1) is 0 Å². The molecule has 1 heterocycles. The molecule has 5 nitrogen and oxygen atoms in total. The molecule has 0 spiro atoms. The summed E-state index contributed by atoms with van der Waals surface area (Å²) in [4.78, 5) is 13.4. The van der Waals surface area contributed by atoms with Gasteiger partial charge in [-0.25, -0.2) is 4.79 Å². The number of nitrogens with two attached hydrogens (primary N) is 1. The minimum Gasteiger partial charge on any atom is -0.497 e. The van der Waals surface area contributed by atoms with Crippen LogP contribution in [0.5, 0.6) is 11.5 Å². The van der Waals surface area contributed by atoms with Gasteiger partial charge >= 0.3 is 5.97 Å². The second-order valence-corrected chi connectivity index (χ2v) is 8.39. The van der Waals surface area contributed by atoms with E-state index < -0.39 is 0 Å². The Morgan fingerprint density at radius 2 is 1.90 bits per heavy atom. The molecule has 1 aromatic heterocycles. The summed E-state index contributed by atoms with van der Waals surface area (Å²) in [7, 11) is 1.62. The Morgan fingerprint density at radius 3 is 2.69 bits per heavy atom. The summed E-state index contributed by atoms with van der Waals surface area (Å²) in [5, 5.41) is 0.959. The van der Waals surface area contributed by atoms with Crippen molar-refractivity contribution in [3.8, 4) is 11.5 Å². The van der Waals surface area contributed by atoms with Crippen LogP contribution in [-0.2, 0) is 11.3 Å². The molecule has 0 saturated heterocycles. The van der Waals surface area contributed by atoms with Gasteiger partial charge in [0.15, 0.2) is 10.6 Å². The molecule has 29 heavy (non-hydrogen) atoms. The maximum Gasteiger partial charge on any atom is 0.352 e. The molecule has 4 rings (SSSR count). The zero-order valence-electron chi connectivity index (χ0n) is 16.4. The molecule has 0 unspecified atom stereocenters. The molecule has 2 aromatic carbocycles. The lowest BCUT2D eigenvalue weighted by atomic mass is 9.94. The highest BCUT2D eigenvalue weighted by molar-refractivity contribution is 7.21. The van der Waals surface area contributed by atoms with Crippen molar-refractivity contribution in [3.63, 3.8) is 0 Å². The Bertz CT molecular complexity index is 991. The highest BCUT2D eigenvalue weighted by atomic mass is 32.1. The van der Waals surface area contributed by atoms with E-state index in [0.29, 0.717) is 10.6 Å². The quantitative estimate of drug-likeness (QED) is 0.583. The Labute approximate surface area is 174 Å². The number of hydrogen-bond acceptors (Lipinski definition) is 6. The van der Waals surface area contributed by atoms with Crippen LogP contribution in [0.4, 0.5) is 0 Å². The molecule has 0 bridgehead atoms. The van der Waals surface area contributed by atoms with Crippen molar-refractivity contribution in [2.75, 3.05) is 7.11 Å². The van der Waals surface area contributed by atoms with Crippen LogP contribution in [-0.4, -0.2) is 25.2 Å². The van der Waals surface area contributed by atoms with Gasteiger partial charge in [0.2, 0.25) is 0 Å². The fourth-order valence-corrected chi connectivity index (χ4v) is 4.65. The molecule has 6 heteroatoms. The SMILES string of the molecule is COc1cccc(COC(=O)c2sc3ccccc3c2O[C@H]2CC[C@@H](N)CC2)c1. The maximum absolute atomic E-state index is 12.9. The van der Waals surface area contributed by atoms with E-state index in [1.165, 1.54) is 11.3 Å². The van der Waals surface area contributed by atoms with Gasteiger partial charge < -0.3 is 19.9 Å². The van der Waals surface area contributed by atoms with Crippen molar-refractivity contribution >= 4 is 27.4 Å². The lowest BCUT2D eigenvalue weighted by molar-refractivity contribution is 0.0469. The van der Waals surface area contributed by atoms with Gasteiger partial charge in [-0.3, -0.25) is 0 Å². The summed E-state index contributed by atoms with van der Waals surface area (Å²) < 4.78 is 18.2. The number of ether oxygens (including phenoxy) is 3. The van der Waals surface area contributed by atoms with Gasteiger partial charge in [0.1, 0.15) is 12.4 Å². The second kappa shape index (κ2) is 8.84. The lowest BCUT2D eigenvalue weighted by Gasteiger charge is -2.27. The number of fused-ring (bicyclic) bond motifs is 1. The van der Waals surface area contributed by atoms with E-state index in [1.54, 1.807) is 7.11 Å². The zero-order valence-corrected chi connectivity index (χ0v) is 17.2. The van der Waals surface area contributed by atoms with E-state index in [9.17, 15) is 4.79 Å². The minimum absolute atomic E-state index is 0.0812. The number of esters is 1. The molecule has 0 radical (unpaired) electrons. The van der Waals surface area contributed by atoms with E-state index in [1.807, 2.05) is 48.5 Å². The van der Waals surface area contributed by atoms with Crippen molar-refractivity contribution < 1.29 is 19.0 Å². The van der Waals surface area contributed by atoms with Crippen LogP contribution in [0.2, 0.25) is 0 Å². The van der Waals surface area contributed by atoms with Gasteiger partial charge in [-0.1, -0.05) is 24.3 Å². The first kappa shape index (κ1) is 19.7. The van der Waals surface area contributed by atoms with Crippen LogP contribution >= 0.6 is 11.3 Å². The third-order valence-electron chi connectivity index (χ3n) is 5.24. The molecule has 0 aliphatic heterocycles. The Kier molecular flexibility index (Phi) is 6.02. The van der Waals surface area contributed by atoms with E-state index in [4.69, 9.17) is 19.9 Å². The van der Waals surface area contributed by atoms with Gasteiger partial charge in [-0.15, -0.1) is 11.3 Å². The summed E-state index contributed by atoms with van der Waals surface area (Å²) in [6.07, 6.45) is 3.79. The van der Waals surface area contributed by atoms with Crippen molar-refractivity contribution in [1.29, 1.82) is 0 Å². The number of methoxy groups -OCH3 is 1. The molecule has 0 amide bonds. The van der Waals surface area contributed by atoms with Crippen LogP contribution in [0.1, 0.15) is 40.9 Å². The number of carbonyl (C=O) groups excluding carboxylic acids is 1. The molecule has 1 aliphatic rings. The first-order chi connectivity index (χ1) is 14.1. The number of benzene rings is 2. The Hall–Kier alpha value is -2.57. The van der Waals surface area contributed by atoms with E-state index in [0.717, 1.165) is 47.1 Å². The average Bonchev–Trinajstić information content (AvgIpc) is 3.12. The molecule has 0 atom stereocenters. The number of rotatable bonds is 6. The number of hydrogen-bond donors (Lipinski definition) is 1. The van der Waals surface area contributed by atoms with E-state index >= 15 is 0 Å². The highest BCUT2D eigenvalue weighted by Gasteiger charge is 2.26. The summed E-state index contributed by atoms with van der Waals surface area (Å²) in [5.74, 6) is 1.01. The van der Waals surface area contributed by atoms with Gasteiger partial charge in [0, 0.05) is 16.1 Å². The standard InChI is InChI=1S/C23H25NO4S/c1-26-18-6-4-5-15(13-18)14-27-23(25)22-21(19-7-2-3-8-20(19)29-22)28-17-11-9-16(24)10-12-17/h2-8,13,16-17H,9-12,14,24H2,1H3/t16-,17+.